The van der Waals surface area contributed by atoms with Crippen LogP contribution in [-0.4, -0.2) is 25.5 Å². The van der Waals surface area contributed by atoms with Crippen molar-refractivity contribution in [2.45, 2.75) is 19.3 Å². The van der Waals surface area contributed by atoms with Gasteiger partial charge in [-0.15, -0.1) is 0 Å². The van der Waals surface area contributed by atoms with Gasteiger partial charge in [-0.1, -0.05) is 23.7 Å². The molecule has 0 aromatic heterocycles. The van der Waals surface area contributed by atoms with E-state index in [-0.39, 0.29) is 17.2 Å². The van der Waals surface area contributed by atoms with Crippen molar-refractivity contribution in [3.63, 3.8) is 0 Å². The summed E-state index contributed by atoms with van der Waals surface area (Å²) in [6.07, 6.45) is 1.36. The van der Waals surface area contributed by atoms with Crippen LogP contribution >= 0.6 is 11.6 Å². The highest BCUT2D eigenvalue weighted by atomic mass is 35.5. The van der Waals surface area contributed by atoms with Gasteiger partial charge in [0.1, 0.15) is 11.6 Å². The number of carbonyl (C=O) groups is 1. The Kier molecular flexibility index (Phi) is 4.55. The van der Waals surface area contributed by atoms with E-state index in [1.54, 1.807) is 12.1 Å². The molecule has 0 unspecified atom stereocenters. The molecular weight excluding hydrogens is 269 g/mol. The second-order valence-corrected chi connectivity index (χ2v) is 5.29. The molecule has 1 fully saturated rings. The van der Waals surface area contributed by atoms with E-state index in [1.807, 2.05) is 0 Å². The third-order valence-corrected chi connectivity index (χ3v) is 4.24. The molecule has 2 N–H and O–H groups in total. The Hall–Kier alpha value is -0.970. The van der Waals surface area contributed by atoms with Crippen LogP contribution in [0.5, 0.6) is 0 Å². The number of nitrogens with two attached hydrogens (primary N) is 1. The van der Waals surface area contributed by atoms with Crippen molar-refractivity contribution < 1.29 is 13.9 Å². The number of benzene rings is 1. The van der Waals surface area contributed by atoms with E-state index >= 15 is 0 Å². The van der Waals surface area contributed by atoms with Crippen LogP contribution in [0.2, 0.25) is 5.02 Å². The van der Waals surface area contributed by atoms with Crippen LogP contribution in [0.1, 0.15) is 18.4 Å². The zero-order valence-corrected chi connectivity index (χ0v) is 11.4. The first kappa shape index (κ1) is 14.4. The molecule has 0 saturated carbocycles. The van der Waals surface area contributed by atoms with Crippen molar-refractivity contribution in [1.82, 2.24) is 0 Å². The molecule has 1 aliphatic heterocycles. The van der Waals surface area contributed by atoms with Crippen LogP contribution in [0.4, 0.5) is 4.39 Å². The van der Waals surface area contributed by atoms with E-state index < -0.39 is 11.2 Å². The van der Waals surface area contributed by atoms with E-state index in [2.05, 4.69) is 0 Å². The van der Waals surface area contributed by atoms with Crippen LogP contribution in [0.25, 0.3) is 0 Å². The lowest BCUT2D eigenvalue weighted by Gasteiger charge is -2.34. The molecule has 1 heterocycles. The van der Waals surface area contributed by atoms with Crippen LogP contribution in [0.3, 0.4) is 0 Å². The molecule has 0 spiro atoms. The van der Waals surface area contributed by atoms with Crippen molar-refractivity contribution in [1.29, 1.82) is 0 Å². The van der Waals surface area contributed by atoms with Gasteiger partial charge in [0.2, 0.25) is 0 Å². The van der Waals surface area contributed by atoms with Gasteiger partial charge in [0.25, 0.3) is 0 Å². The van der Waals surface area contributed by atoms with Gasteiger partial charge in [-0.2, -0.15) is 0 Å². The number of Topliss-reactive ketones (excluding diaryl/α,β-unsaturated/α-hetero) is 1. The molecule has 0 radical (unpaired) electrons. The highest BCUT2D eigenvalue weighted by Crippen LogP contribution is 2.32. The molecule has 5 heteroatoms. The number of ether oxygens (including phenoxy) is 1. The van der Waals surface area contributed by atoms with E-state index in [9.17, 15) is 9.18 Å². The van der Waals surface area contributed by atoms with Crippen LogP contribution in [-0.2, 0) is 16.0 Å². The van der Waals surface area contributed by atoms with Crippen molar-refractivity contribution in [2.24, 2.45) is 11.1 Å². The van der Waals surface area contributed by atoms with E-state index in [0.717, 1.165) is 0 Å². The second-order valence-electron chi connectivity index (χ2n) is 4.91. The van der Waals surface area contributed by atoms with Gasteiger partial charge in [-0.25, -0.2) is 4.39 Å². The normalized spacial score (nSPS) is 18.3. The molecule has 0 aliphatic carbocycles. The van der Waals surface area contributed by atoms with Gasteiger partial charge in [0.05, 0.1) is 5.02 Å². The zero-order valence-electron chi connectivity index (χ0n) is 10.6. The second kappa shape index (κ2) is 5.99. The third-order valence-electron chi connectivity index (χ3n) is 3.81. The topological polar surface area (TPSA) is 52.3 Å². The Balaban J connectivity index is 2.17. The summed E-state index contributed by atoms with van der Waals surface area (Å²) >= 11 is 5.88. The number of hydrogen-bond donors (Lipinski definition) is 1. The molecule has 1 saturated heterocycles. The summed E-state index contributed by atoms with van der Waals surface area (Å²) in [7, 11) is 0. The van der Waals surface area contributed by atoms with Gasteiger partial charge in [-0.3, -0.25) is 4.79 Å². The van der Waals surface area contributed by atoms with Crippen LogP contribution in [0, 0.1) is 11.2 Å². The Morgan fingerprint density at radius 2 is 2.11 bits per heavy atom. The van der Waals surface area contributed by atoms with Gasteiger partial charge in [0, 0.05) is 31.6 Å². The lowest BCUT2D eigenvalue weighted by atomic mass is 9.74. The summed E-state index contributed by atoms with van der Waals surface area (Å²) in [5.41, 5.74) is 5.75. The fourth-order valence-corrected chi connectivity index (χ4v) is 2.60. The Bertz CT molecular complexity index is 473. The van der Waals surface area contributed by atoms with Crippen LogP contribution < -0.4 is 5.73 Å². The Morgan fingerprint density at radius 1 is 1.42 bits per heavy atom. The third kappa shape index (κ3) is 2.96. The molecular formula is C14H17ClFNO2. The predicted octanol–water partition coefficient (Wildman–Crippen LogP) is 2.35. The van der Waals surface area contributed by atoms with Crippen molar-refractivity contribution >= 4 is 17.4 Å². The molecule has 19 heavy (non-hydrogen) atoms. The standard InChI is InChI=1S/C14H17ClFNO2/c15-13-10(2-1-3-11(13)16)8-12(18)14(9-17)4-6-19-7-5-14/h1-3H,4-9,17H2. The van der Waals surface area contributed by atoms with Crippen molar-refractivity contribution in [3.05, 3.63) is 34.6 Å². The SMILES string of the molecule is NCC1(C(=O)Cc2cccc(F)c2Cl)CCOCC1. The minimum atomic E-state index is -0.548. The summed E-state index contributed by atoms with van der Waals surface area (Å²) in [6.45, 7) is 1.38. The van der Waals surface area contributed by atoms with E-state index in [1.165, 1.54) is 6.07 Å². The fourth-order valence-electron chi connectivity index (χ4n) is 2.40. The molecule has 0 atom stereocenters. The quantitative estimate of drug-likeness (QED) is 0.924. The molecule has 3 nitrogen and oxygen atoms in total. The molecule has 1 aromatic carbocycles. The first-order valence-electron chi connectivity index (χ1n) is 6.33. The molecule has 1 aromatic rings. The lowest BCUT2D eigenvalue weighted by molar-refractivity contribution is -0.132. The Morgan fingerprint density at radius 3 is 2.74 bits per heavy atom. The average molecular weight is 286 g/mol. The summed E-state index contributed by atoms with van der Waals surface area (Å²) < 4.78 is 18.6. The first-order chi connectivity index (χ1) is 9.09. The predicted molar refractivity (Wildman–Crippen MR) is 71.7 cm³/mol. The van der Waals surface area contributed by atoms with Crippen molar-refractivity contribution in [2.75, 3.05) is 19.8 Å². The highest BCUT2D eigenvalue weighted by molar-refractivity contribution is 6.31. The van der Waals surface area contributed by atoms with E-state index in [4.69, 9.17) is 22.1 Å². The number of halogens is 2. The maximum atomic E-state index is 13.4. The molecule has 0 amide bonds. The first-order valence-corrected chi connectivity index (χ1v) is 6.71. The van der Waals surface area contributed by atoms with E-state index in [0.29, 0.717) is 38.2 Å². The van der Waals surface area contributed by atoms with Gasteiger partial charge in [0.15, 0.2) is 0 Å². The number of ketones is 1. The minimum Gasteiger partial charge on any atom is -0.381 e. The summed E-state index contributed by atoms with van der Waals surface area (Å²) in [5.74, 6) is -0.480. The molecule has 0 bridgehead atoms. The summed E-state index contributed by atoms with van der Waals surface area (Å²) in [6, 6.07) is 4.51. The number of rotatable bonds is 4. The molecule has 104 valence electrons. The van der Waals surface area contributed by atoms with Gasteiger partial charge in [-0.05, 0) is 24.5 Å². The Labute approximate surface area is 116 Å². The smallest absolute Gasteiger partial charge is 0.144 e. The fraction of sp³-hybridized carbons (Fsp3) is 0.500. The maximum Gasteiger partial charge on any atom is 0.144 e. The van der Waals surface area contributed by atoms with Crippen molar-refractivity contribution in [3.8, 4) is 0 Å². The average Bonchev–Trinajstić information content (AvgIpc) is 2.44. The monoisotopic (exact) mass is 285 g/mol. The van der Waals surface area contributed by atoms with Gasteiger partial charge < -0.3 is 10.5 Å². The number of hydrogen-bond acceptors (Lipinski definition) is 3. The van der Waals surface area contributed by atoms with Gasteiger partial charge >= 0.3 is 0 Å². The largest absolute Gasteiger partial charge is 0.381 e. The summed E-state index contributed by atoms with van der Waals surface area (Å²) in [4.78, 5) is 12.5. The maximum absolute atomic E-state index is 13.4. The van der Waals surface area contributed by atoms with Crippen LogP contribution in [0.15, 0.2) is 18.2 Å². The molecule has 1 aliphatic rings. The highest BCUT2D eigenvalue weighted by Gasteiger charge is 2.38. The summed E-state index contributed by atoms with van der Waals surface area (Å²) in [5, 5.41) is 0.0232. The molecule has 2 rings (SSSR count). The zero-order chi connectivity index (χ0) is 13.9. The minimum absolute atomic E-state index is 0.0193. The number of carbonyl (C=O) groups excluding carboxylic acids is 1. The lowest BCUT2D eigenvalue weighted by Crippen LogP contribution is -2.44.